The highest BCUT2D eigenvalue weighted by Crippen LogP contribution is 2.24. The number of diazo groups is 1. The summed E-state index contributed by atoms with van der Waals surface area (Å²) in [5.74, 6) is 0. The van der Waals surface area contributed by atoms with E-state index < -0.39 is 6.01 Å². The number of aromatic nitrogens is 2. The lowest BCUT2D eigenvalue weighted by molar-refractivity contribution is -0.280. The van der Waals surface area contributed by atoms with Crippen LogP contribution in [0.15, 0.2) is 18.2 Å². The van der Waals surface area contributed by atoms with Crippen LogP contribution in [-0.2, 0) is 0 Å². The van der Waals surface area contributed by atoms with Crippen molar-refractivity contribution in [2.45, 2.75) is 0 Å². The van der Waals surface area contributed by atoms with Crippen molar-refractivity contribution in [3.8, 4) is 6.01 Å². The molecule has 1 heterocycles. The molecule has 0 bridgehead atoms. The Kier molecular flexibility index (Phi) is 1.21. The minimum atomic E-state index is -0.430. The molecule has 1 N–H and O–H groups in total. The fourth-order valence-corrected chi connectivity index (χ4v) is 1.08. The Hall–Kier alpha value is -2.09. The van der Waals surface area contributed by atoms with Crippen molar-refractivity contribution in [2.24, 2.45) is 0 Å². The molecular formula is C7H4N4O. The van der Waals surface area contributed by atoms with Crippen LogP contribution in [0.2, 0.25) is 0 Å². The molecule has 0 saturated heterocycles. The summed E-state index contributed by atoms with van der Waals surface area (Å²) in [5.41, 5.74) is 1.27. The molecule has 0 saturated carbocycles. The van der Waals surface area contributed by atoms with E-state index in [0.717, 1.165) is 0 Å². The molecule has 2 rings (SSSR count). The van der Waals surface area contributed by atoms with Gasteiger partial charge >= 0.3 is 5.69 Å². The van der Waals surface area contributed by atoms with Gasteiger partial charge in [0.2, 0.25) is 5.39 Å². The predicted molar refractivity (Wildman–Crippen MR) is 40.3 cm³/mol. The van der Waals surface area contributed by atoms with Gasteiger partial charge in [0, 0.05) is 6.07 Å². The molecule has 5 heteroatoms. The van der Waals surface area contributed by atoms with E-state index in [1.165, 1.54) is 0 Å². The molecule has 0 atom stereocenters. The average Bonchev–Trinajstić information content (AvgIpc) is 2.44. The number of rotatable bonds is 0. The summed E-state index contributed by atoms with van der Waals surface area (Å²) >= 11 is 0. The maximum atomic E-state index is 10.8. The van der Waals surface area contributed by atoms with E-state index >= 15 is 0 Å². The molecular weight excluding hydrogens is 156 g/mol. The van der Waals surface area contributed by atoms with Gasteiger partial charge in [-0.3, -0.25) is 0 Å². The molecule has 0 aliphatic heterocycles. The minimum Gasteiger partial charge on any atom is -0.846 e. The number of para-hydroxylation sites is 1. The summed E-state index contributed by atoms with van der Waals surface area (Å²) in [7, 11) is 0. The van der Waals surface area contributed by atoms with Crippen LogP contribution in [-0.4, -0.2) is 9.97 Å². The summed E-state index contributed by atoms with van der Waals surface area (Å²) in [4.78, 5) is 9.11. The normalized spacial score (nSPS) is 9.92. The lowest BCUT2D eigenvalue weighted by atomic mass is 10.3. The van der Waals surface area contributed by atoms with Crippen LogP contribution in [0.4, 0.5) is 5.69 Å². The number of H-pyrrole nitrogens is 1. The van der Waals surface area contributed by atoms with Gasteiger partial charge in [-0.05, 0) is 6.07 Å². The zero-order chi connectivity index (χ0) is 8.55. The Morgan fingerprint density at radius 1 is 1.50 bits per heavy atom. The van der Waals surface area contributed by atoms with Gasteiger partial charge in [0.25, 0.3) is 0 Å². The van der Waals surface area contributed by atoms with Gasteiger partial charge in [-0.2, -0.15) is 0 Å². The first-order valence-electron chi connectivity index (χ1n) is 3.32. The fourth-order valence-electron chi connectivity index (χ4n) is 1.08. The van der Waals surface area contributed by atoms with Crippen LogP contribution in [0.1, 0.15) is 0 Å². The quantitative estimate of drug-likeness (QED) is 0.586. The zero-order valence-electron chi connectivity index (χ0n) is 5.98. The van der Waals surface area contributed by atoms with E-state index in [2.05, 4.69) is 14.9 Å². The van der Waals surface area contributed by atoms with Crippen molar-refractivity contribution in [3.05, 3.63) is 23.2 Å². The topological polar surface area (TPSA) is 79.9 Å². The molecule has 0 amide bonds. The van der Waals surface area contributed by atoms with Crippen molar-refractivity contribution in [1.29, 1.82) is 5.39 Å². The van der Waals surface area contributed by atoms with Gasteiger partial charge in [-0.25, -0.2) is 4.98 Å². The SMILES string of the molecule is N#[N+]c1cccc2[nH]c([O-])nc12. The zero-order valence-corrected chi connectivity index (χ0v) is 5.98. The summed E-state index contributed by atoms with van der Waals surface area (Å²) in [6, 6.07) is 4.51. The Balaban J connectivity index is 2.89. The van der Waals surface area contributed by atoms with E-state index in [1.807, 2.05) is 0 Å². The summed E-state index contributed by atoms with van der Waals surface area (Å²) < 4.78 is 0. The number of hydrogen-bond donors (Lipinski definition) is 1. The van der Waals surface area contributed by atoms with Gasteiger partial charge in [0.15, 0.2) is 10.5 Å². The Bertz CT molecular complexity index is 468. The highest BCUT2D eigenvalue weighted by Gasteiger charge is 2.12. The maximum absolute atomic E-state index is 10.8. The molecule has 0 aliphatic rings. The summed E-state index contributed by atoms with van der Waals surface area (Å²) in [6.07, 6.45) is 0. The Morgan fingerprint density at radius 2 is 2.33 bits per heavy atom. The van der Waals surface area contributed by atoms with E-state index in [-0.39, 0.29) is 0 Å². The maximum Gasteiger partial charge on any atom is 0.412 e. The van der Waals surface area contributed by atoms with E-state index in [0.29, 0.717) is 16.7 Å². The number of fused-ring (bicyclic) bond motifs is 1. The van der Waals surface area contributed by atoms with Crippen molar-refractivity contribution in [1.82, 2.24) is 9.97 Å². The third-order valence-electron chi connectivity index (χ3n) is 1.58. The highest BCUT2D eigenvalue weighted by molar-refractivity contribution is 5.88. The average molecular weight is 160 g/mol. The molecule has 0 aliphatic carbocycles. The van der Waals surface area contributed by atoms with Gasteiger partial charge < -0.3 is 10.1 Å². The monoisotopic (exact) mass is 160 g/mol. The third kappa shape index (κ3) is 0.787. The number of hydrogen-bond acceptors (Lipinski definition) is 3. The first-order valence-corrected chi connectivity index (χ1v) is 3.32. The Labute approximate surface area is 67.3 Å². The molecule has 12 heavy (non-hydrogen) atoms. The van der Waals surface area contributed by atoms with Crippen molar-refractivity contribution in [2.75, 3.05) is 0 Å². The van der Waals surface area contributed by atoms with E-state index in [4.69, 9.17) is 5.39 Å². The summed E-state index contributed by atoms with van der Waals surface area (Å²) in [5, 5.41) is 19.3. The first kappa shape index (κ1) is 6.61. The standard InChI is InChI=1S/C7H4N4O/c8-11-5-3-1-2-4-6(5)10-7(12)9-4/h1-3,8H. The minimum absolute atomic E-state index is 0.297. The second-order valence-electron chi connectivity index (χ2n) is 2.32. The fraction of sp³-hybridized carbons (Fsp3) is 0. The molecule has 2 aromatic rings. The first-order chi connectivity index (χ1) is 5.81. The third-order valence-corrected chi connectivity index (χ3v) is 1.58. The molecule has 0 spiro atoms. The van der Waals surface area contributed by atoms with Gasteiger partial charge in [0.05, 0.1) is 11.5 Å². The van der Waals surface area contributed by atoms with Crippen LogP contribution in [0.3, 0.4) is 0 Å². The predicted octanol–water partition coefficient (Wildman–Crippen LogP) is 1.12. The van der Waals surface area contributed by atoms with E-state index in [1.54, 1.807) is 18.2 Å². The number of nitrogens with zero attached hydrogens (tertiary/aromatic N) is 3. The van der Waals surface area contributed by atoms with Crippen LogP contribution in [0, 0.1) is 5.39 Å². The molecule has 1 aromatic carbocycles. The number of imidazole rings is 1. The Morgan fingerprint density at radius 3 is 3.08 bits per heavy atom. The molecule has 0 radical (unpaired) electrons. The van der Waals surface area contributed by atoms with E-state index in [9.17, 15) is 5.11 Å². The number of benzene rings is 1. The molecule has 1 aromatic heterocycles. The molecule has 5 nitrogen and oxygen atoms in total. The smallest absolute Gasteiger partial charge is 0.412 e. The lowest BCUT2D eigenvalue weighted by Crippen LogP contribution is -1.89. The van der Waals surface area contributed by atoms with Crippen LogP contribution >= 0.6 is 0 Å². The van der Waals surface area contributed by atoms with Crippen LogP contribution < -0.4 is 5.11 Å². The largest absolute Gasteiger partial charge is 0.846 e. The highest BCUT2D eigenvalue weighted by atomic mass is 16.3. The number of nitrogens with one attached hydrogen (secondary N) is 1. The van der Waals surface area contributed by atoms with Gasteiger partial charge in [0.1, 0.15) is 0 Å². The summed E-state index contributed by atoms with van der Waals surface area (Å²) in [6.45, 7) is 0. The van der Waals surface area contributed by atoms with Crippen LogP contribution in [0.5, 0.6) is 6.01 Å². The molecule has 58 valence electrons. The second-order valence-corrected chi connectivity index (χ2v) is 2.32. The van der Waals surface area contributed by atoms with Crippen LogP contribution in [0.25, 0.3) is 16.0 Å². The van der Waals surface area contributed by atoms with Crippen molar-refractivity contribution >= 4 is 16.7 Å². The molecule has 0 fully saturated rings. The lowest BCUT2D eigenvalue weighted by Gasteiger charge is -1.90. The second kappa shape index (κ2) is 2.20. The van der Waals surface area contributed by atoms with Gasteiger partial charge in [-0.1, -0.05) is 6.07 Å². The van der Waals surface area contributed by atoms with Crippen molar-refractivity contribution < 1.29 is 5.11 Å². The van der Waals surface area contributed by atoms with Crippen molar-refractivity contribution in [3.63, 3.8) is 0 Å². The number of aromatic amines is 1. The molecule has 0 unspecified atom stereocenters. The van der Waals surface area contributed by atoms with Gasteiger partial charge in [-0.15, -0.1) is 0 Å².